The molecule has 1 N–H and O–H groups in total. The number of pyridine rings is 1. The number of rotatable bonds is 5. The molecule has 1 aromatic heterocycles. The van der Waals surface area contributed by atoms with Gasteiger partial charge >= 0.3 is 5.97 Å². The normalized spacial score (nSPS) is 9.95. The maximum Gasteiger partial charge on any atom is 0.340 e. The molecule has 0 bridgehead atoms. The zero-order chi connectivity index (χ0) is 15.1. The molecule has 1 amide bonds. The fraction of sp³-hybridized carbons (Fsp3) is 0.188. The molecule has 0 saturated heterocycles. The number of hydrogen-bond acceptors (Lipinski definition) is 4. The lowest BCUT2D eigenvalue weighted by Crippen LogP contribution is -2.18. The van der Waals surface area contributed by atoms with E-state index >= 15 is 0 Å². The molecule has 2 aromatic rings. The van der Waals surface area contributed by atoms with Crippen LogP contribution >= 0.6 is 0 Å². The maximum atomic E-state index is 12.0. The predicted molar refractivity (Wildman–Crippen MR) is 79.0 cm³/mol. The second kappa shape index (κ2) is 7.19. The molecule has 0 aliphatic heterocycles. The number of carbonyl (C=O) groups excluding carboxylic acids is 2. The number of hydrogen-bond donors (Lipinski definition) is 1. The van der Waals surface area contributed by atoms with Crippen molar-refractivity contribution >= 4 is 17.6 Å². The van der Waals surface area contributed by atoms with Crippen molar-refractivity contribution in [3.63, 3.8) is 0 Å². The van der Waals surface area contributed by atoms with Crippen LogP contribution in [0, 0.1) is 0 Å². The van der Waals surface area contributed by atoms with Gasteiger partial charge in [-0.25, -0.2) is 4.79 Å². The Labute approximate surface area is 123 Å². The molecule has 1 aromatic carbocycles. The average Bonchev–Trinajstić information content (AvgIpc) is 2.49. The maximum absolute atomic E-state index is 12.0. The molecule has 5 heteroatoms. The lowest BCUT2D eigenvalue weighted by atomic mass is 10.1. The molecular weight excluding hydrogens is 268 g/mol. The number of para-hydroxylation sites is 1. The molecule has 2 rings (SSSR count). The summed E-state index contributed by atoms with van der Waals surface area (Å²) in [5, 5.41) is 2.72. The Bertz CT molecular complexity index is 626. The van der Waals surface area contributed by atoms with Gasteiger partial charge in [-0.15, -0.1) is 0 Å². The van der Waals surface area contributed by atoms with Gasteiger partial charge in [0.1, 0.15) is 0 Å². The van der Waals surface area contributed by atoms with Gasteiger partial charge in [0, 0.05) is 11.9 Å². The van der Waals surface area contributed by atoms with Crippen molar-refractivity contribution < 1.29 is 14.3 Å². The number of carbonyl (C=O) groups is 2. The van der Waals surface area contributed by atoms with E-state index in [2.05, 4.69) is 10.3 Å². The number of nitrogens with one attached hydrogen (secondary N) is 1. The quantitative estimate of drug-likeness (QED) is 0.856. The summed E-state index contributed by atoms with van der Waals surface area (Å²) in [6, 6.07) is 12.1. The Kier molecular flexibility index (Phi) is 5.04. The van der Waals surface area contributed by atoms with Crippen molar-refractivity contribution in [2.45, 2.75) is 13.3 Å². The molecule has 0 radical (unpaired) electrons. The molecular formula is C16H16N2O3. The number of nitrogens with zero attached hydrogens (tertiary/aromatic N) is 1. The van der Waals surface area contributed by atoms with Crippen LogP contribution in [-0.2, 0) is 16.0 Å². The molecule has 0 aliphatic rings. The van der Waals surface area contributed by atoms with Crippen LogP contribution in [0.1, 0.15) is 23.0 Å². The molecule has 0 spiro atoms. The highest BCUT2D eigenvalue weighted by molar-refractivity contribution is 6.01. The predicted octanol–water partition coefficient (Wildman–Crippen LogP) is 2.44. The number of esters is 1. The van der Waals surface area contributed by atoms with Crippen LogP contribution in [0.3, 0.4) is 0 Å². The SMILES string of the molecule is CCOC(=O)c1ccccc1NC(=O)Cc1ccccn1. The Morgan fingerprint density at radius 1 is 1.14 bits per heavy atom. The van der Waals surface area contributed by atoms with Crippen molar-refractivity contribution in [3.05, 3.63) is 59.9 Å². The zero-order valence-electron chi connectivity index (χ0n) is 11.7. The Morgan fingerprint density at radius 2 is 1.90 bits per heavy atom. The molecule has 0 aliphatic carbocycles. The van der Waals surface area contributed by atoms with Gasteiger partial charge in [0.25, 0.3) is 0 Å². The minimum atomic E-state index is -0.453. The van der Waals surface area contributed by atoms with Crippen molar-refractivity contribution in [2.75, 3.05) is 11.9 Å². The minimum Gasteiger partial charge on any atom is -0.462 e. The molecule has 108 valence electrons. The summed E-state index contributed by atoms with van der Waals surface area (Å²) in [6.07, 6.45) is 1.78. The number of aromatic nitrogens is 1. The second-order valence-corrected chi connectivity index (χ2v) is 4.31. The summed E-state index contributed by atoms with van der Waals surface area (Å²) in [6.45, 7) is 2.02. The fourth-order valence-electron chi connectivity index (χ4n) is 1.84. The van der Waals surface area contributed by atoms with Gasteiger partial charge in [-0.1, -0.05) is 18.2 Å². The third-order valence-corrected chi connectivity index (χ3v) is 2.76. The van der Waals surface area contributed by atoms with Gasteiger partial charge in [-0.05, 0) is 31.2 Å². The number of anilines is 1. The van der Waals surface area contributed by atoms with Crippen LogP contribution in [-0.4, -0.2) is 23.5 Å². The molecule has 0 saturated carbocycles. The third-order valence-electron chi connectivity index (χ3n) is 2.76. The molecule has 21 heavy (non-hydrogen) atoms. The first-order valence-corrected chi connectivity index (χ1v) is 6.66. The van der Waals surface area contributed by atoms with Gasteiger partial charge in [0.2, 0.25) is 5.91 Å². The Balaban J connectivity index is 2.09. The van der Waals surface area contributed by atoms with Crippen LogP contribution in [0.15, 0.2) is 48.7 Å². The highest BCUT2D eigenvalue weighted by atomic mass is 16.5. The fourth-order valence-corrected chi connectivity index (χ4v) is 1.84. The molecule has 0 fully saturated rings. The summed E-state index contributed by atoms with van der Waals surface area (Å²) >= 11 is 0. The van der Waals surface area contributed by atoms with Crippen LogP contribution in [0.2, 0.25) is 0 Å². The highest BCUT2D eigenvalue weighted by Gasteiger charge is 2.14. The van der Waals surface area contributed by atoms with E-state index in [1.807, 2.05) is 6.07 Å². The van der Waals surface area contributed by atoms with Crippen LogP contribution in [0.25, 0.3) is 0 Å². The number of ether oxygens (including phenoxy) is 1. The van der Waals surface area contributed by atoms with E-state index in [1.165, 1.54) is 0 Å². The lowest BCUT2D eigenvalue weighted by Gasteiger charge is -2.10. The van der Waals surface area contributed by atoms with E-state index in [-0.39, 0.29) is 18.9 Å². The van der Waals surface area contributed by atoms with Gasteiger partial charge < -0.3 is 10.1 Å². The lowest BCUT2D eigenvalue weighted by molar-refractivity contribution is -0.115. The standard InChI is InChI=1S/C16H16N2O3/c1-2-21-16(20)13-8-3-4-9-14(13)18-15(19)11-12-7-5-6-10-17-12/h3-10H,2,11H2,1H3,(H,18,19). The van der Waals surface area contributed by atoms with E-state index < -0.39 is 5.97 Å². The highest BCUT2D eigenvalue weighted by Crippen LogP contribution is 2.16. The van der Waals surface area contributed by atoms with E-state index in [0.29, 0.717) is 16.9 Å². The van der Waals surface area contributed by atoms with E-state index in [9.17, 15) is 9.59 Å². The van der Waals surface area contributed by atoms with E-state index in [0.717, 1.165) is 0 Å². The first-order valence-electron chi connectivity index (χ1n) is 6.66. The van der Waals surface area contributed by atoms with Gasteiger partial charge in [-0.2, -0.15) is 0 Å². The van der Waals surface area contributed by atoms with Gasteiger partial charge in [-0.3, -0.25) is 9.78 Å². The molecule has 5 nitrogen and oxygen atoms in total. The summed E-state index contributed by atoms with van der Waals surface area (Å²) < 4.78 is 4.97. The van der Waals surface area contributed by atoms with Crippen LogP contribution in [0.5, 0.6) is 0 Å². The molecule has 0 unspecified atom stereocenters. The van der Waals surface area contributed by atoms with Crippen molar-refractivity contribution in [1.29, 1.82) is 0 Å². The zero-order valence-corrected chi connectivity index (χ0v) is 11.7. The monoisotopic (exact) mass is 284 g/mol. The van der Waals surface area contributed by atoms with Crippen molar-refractivity contribution in [3.8, 4) is 0 Å². The van der Waals surface area contributed by atoms with Gasteiger partial charge in [0.15, 0.2) is 0 Å². The molecule has 0 atom stereocenters. The van der Waals surface area contributed by atoms with Crippen LogP contribution < -0.4 is 5.32 Å². The van der Waals surface area contributed by atoms with Crippen molar-refractivity contribution in [1.82, 2.24) is 4.98 Å². The van der Waals surface area contributed by atoms with Gasteiger partial charge in [0.05, 0.1) is 24.3 Å². The Hall–Kier alpha value is -2.69. The minimum absolute atomic E-state index is 0.151. The van der Waals surface area contributed by atoms with E-state index in [4.69, 9.17) is 4.74 Å². The summed E-state index contributed by atoms with van der Waals surface area (Å²) in [5.74, 6) is -0.684. The molecule has 1 heterocycles. The topological polar surface area (TPSA) is 68.3 Å². The summed E-state index contributed by atoms with van der Waals surface area (Å²) in [5.41, 5.74) is 1.45. The van der Waals surface area contributed by atoms with E-state index in [1.54, 1.807) is 49.5 Å². The smallest absolute Gasteiger partial charge is 0.340 e. The second-order valence-electron chi connectivity index (χ2n) is 4.31. The summed E-state index contributed by atoms with van der Waals surface area (Å²) in [4.78, 5) is 27.9. The Morgan fingerprint density at radius 3 is 2.62 bits per heavy atom. The average molecular weight is 284 g/mol. The van der Waals surface area contributed by atoms with Crippen LogP contribution in [0.4, 0.5) is 5.69 Å². The number of amides is 1. The largest absolute Gasteiger partial charge is 0.462 e. The van der Waals surface area contributed by atoms with Crippen molar-refractivity contribution in [2.24, 2.45) is 0 Å². The first kappa shape index (κ1) is 14.7. The number of benzene rings is 1. The first-order chi connectivity index (χ1) is 10.2. The summed E-state index contributed by atoms with van der Waals surface area (Å²) in [7, 11) is 0. The third kappa shape index (κ3) is 4.14.